The molecule has 1 saturated carbocycles. The van der Waals surface area contributed by atoms with Gasteiger partial charge in [0.2, 0.25) is 0 Å². The lowest BCUT2D eigenvalue weighted by atomic mass is 9.97. The highest BCUT2D eigenvalue weighted by Crippen LogP contribution is 2.35. The normalized spacial score (nSPS) is 18.1. The zero-order valence-electron chi connectivity index (χ0n) is 17.4. The standard InChI is InChI=1S/C24H22N4O3S/c29-15-31-20-5-6-24(30)28(14-20)19-4-3-18(25-12-19)10-16-1-2-17(9-16)11-23-26-13-22-21(27-23)7-8-32-22/h3-8,12-17H,1-2,9-11H2/t16-,17-/m0/s1. The summed E-state index contributed by atoms with van der Waals surface area (Å²) in [6.07, 6.45) is 10.5. The lowest BCUT2D eigenvalue weighted by molar-refractivity contribution is -0.120. The van der Waals surface area contributed by atoms with Crippen LogP contribution in [0.25, 0.3) is 15.9 Å². The van der Waals surface area contributed by atoms with E-state index in [1.165, 1.54) is 35.7 Å². The molecule has 0 saturated heterocycles. The van der Waals surface area contributed by atoms with Crippen molar-refractivity contribution in [1.29, 1.82) is 0 Å². The van der Waals surface area contributed by atoms with E-state index in [-0.39, 0.29) is 5.56 Å². The second-order valence-corrected chi connectivity index (χ2v) is 9.15. The third-order valence-electron chi connectivity index (χ3n) is 6.03. The average Bonchev–Trinajstić information content (AvgIpc) is 3.45. The van der Waals surface area contributed by atoms with Gasteiger partial charge in [-0.1, -0.05) is 0 Å². The van der Waals surface area contributed by atoms with E-state index in [1.807, 2.05) is 18.3 Å². The van der Waals surface area contributed by atoms with Gasteiger partial charge in [-0.25, -0.2) is 9.97 Å². The highest BCUT2D eigenvalue weighted by molar-refractivity contribution is 7.17. The van der Waals surface area contributed by atoms with Crippen LogP contribution in [-0.4, -0.2) is 26.0 Å². The van der Waals surface area contributed by atoms with Crippen molar-refractivity contribution in [1.82, 2.24) is 19.5 Å². The van der Waals surface area contributed by atoms with Gasteiger partial charge >= 0.3 is 0 Å². The van der Waals surface area contributed by atoms with Gasteiger partial charge in [0, 0.05) is 24.4 Å². The number of carbonyl (C=O) groups excluding carboxylic acids is 1. The molecule has 4 heterocycles. The summed E-state index contributed by atoms with van der Waals surface area (Å²) in [5.41, 5.74) is 2.49. The van der Waals surface area contributed by atoms with Crippen LogP contribution in [0.5, 0.6) is 5.75 Å². The maximum Gasteiger partial charge on any atom is 0.298 e. The lowest BCUT2D eigenvalue weighted by Crippen LogP contribution is -2.17. The summed E-state index contributed by atoms with van der Waals surface area (Å²) in [5.74, 6) is 2.45. The van der Waals surface area contributed by atoms with Crippen LogP contribution in [0.15, 0.2) is 59.1 Å². The highest BCUT2D eigenvalue weighted by atomic mass is 32.1. The highest BCUT2D eigenvalue weighted by Gasteiger charge is 2.26. The number of aromatic nitrogens is 4. The number of hydrogen-bond donors (Lipinski definition) is 0. The van der Waals surface area contributed by atoms with E-state index in [2.05, 4.69) is 21.4 Å². The van der Waals surface area contributed by atoms with Gasteiger partial charge in [-0.15, -0.1) is 11.3 Å². The van der Waals surface area contributed by atoms with Crippen LogP contribution in [0.3, 0.4) is 0 Å². The van der Waals surface area contributed by atoms with Crippen molar-refractivity contribution in [2.75, 3.05) is 0 Å². The van der Waals surface area contributed by atoms with Crippen molar-refractivity contribution in [3.05, 3.63) is 76.2 Å². The van der Waals surface area contributed by atoms with E-state index in [4.69, 9.17) is 9.72 Å². The van der Waals surface area contributed by atoms with Crippen molar-refractivity contribution in [2.24, 2.45) is 11.8 Å². The second kappa shape index (κ2) is 9.00. The molecule has 0 unspecified atom stereocenters. The van der Waals surface area contributed by atoms with Gasteiger partial charge in [-0.3, -0.25) is 19.1 Å². The van der Waals surface area contributed by atoms with Gasteiger partial charge in [-0.2, -0.15) is 0 Å². The predicted molar refractivity (Wildman–Crippen MR) is 122 cm³/mol. The SMILES string of the molecule is O=COc1ccc(=O)n(-c2ccc(C[C@H]3CC[C@H](Cc4ncc5sccc5n4)C3)nc2)c1. The fourth-order valence-corrected chi connectivity index (χ4v) is 5.17. The zero-order valence-corrected chi connectivity index (χ0v) is 18.2. The molecule has 32 heavy (non-hydrogen) atoms. The summed E-state index contributed by atoms with van der Waals surface area (Å²) >= 11 is 1.67. The van der Waals surface area contributed by atoms with E-state index in [1.54, 1.807) is 17.5 Å². The average molecular weight is 447 g/mol. The van der Waals surface area contributed by atoms with Crippen LogP contribution in [-0.2, 0) is 17.6 Å². The fourth-order valence-electron chi connectivity index (χ4n) is 4.48. The largest absolute Gasteiger partial charge is 0.427 e. The van der Waals surface area contributed by atoms with Crippen molar-refractivity contribution in [2.45, 2.75) is 32.1 Å². The van der Waals surface area contributed by atoms with Crippen molar-refractivity contribution < 1.29 is 9.53 Å². The number of fused-ring (bicyclic) bond motifs is 1. The minimum absolute atomic E-state index is 0.209. The molecule has 4 aromatic heterocycles. The molecule has 0 aliphatic heterocycles. The van der Waals surface area contributed by atoms with Gasteiger partial charge in [0.05, 0.1) is 28.3 Å². The summed E-state index contributed by atoms with van der Waals surface area (Å²) < 4.78 is 7.39. The summed E-state index contributed by atoms with van der Waals surface area (Å²) in [5, 5.41) is 2.05. The van der Waals surface area contributed by atoms with Gasteiger partial charge in [0.25, 0.3) is 12.0 Å². The van der Waals surface area contributed by atoms with E-state index >= 15 is 0 Å². The van der Waals surface area contributed by atoms with E-state index in [0.717, 1.165) is 41.0 Å². The molecule has 1 aliphatic rings. The lowest BCUT2D eigenvalue weighted by Gasteiger charge is -2.12. The van der Waals surface area contributed by atoms with Gasteiger partial charge in [0.1, 0.15) is 11.6 Å². The Morgan fingerprint density at radius 3 is 2.75 bits per heavy atom. The number of hydrogen-bond acceptors (Lipinski definition) is 7. The summed E-state index contributed by atoms with van der Waals surface area (Å²) in [7, 11) is 0. The van der Waals surface area contributed by atoms with E-state index in [9.17, 15) is 9.59 Å². The Hall–Kier alpha value is -3.39. The molecule has 2 atom stereocenters. The number of rotatable bonds is 7. The van der Waals surface area contributed by atoms with Crippen LogP contribution in [0.1, 0.15) is 30.8 Å². The molecule has 4 aromatic rings. The molecule has 162 valence electrons. The van der Waals surface area contributed by atoms with Gasteiger partial charge in [-0.05, 0) is 67.2 Å². The van der Waals surface area contributed by atoms with Crippen LogP contribution in [0, 0.1) is 11.8 Å². The van der Waals surface area contributed by atoms with Gasteiger partial charge in [0.15, 0.2) is 0 Å². The molecular weight excluding hydrogens is 424 g/mol. The molecule has 1 aliphatic carbocycles. The Kier molecular flexibility index (Phi) is 5.77. The molecule has 0 bridgehead atoms. The number of carbonyl (C=O) groups is 1. The third kappa shape index (κ3) is 4.45. The first-order valence-corrected chi connectivity index (χ1v) is 11.5. The number of thiophene rings is 1. The predicted octanol–water partition coefficient (Wildman–Crippen LogP) is 3.97. The molecule has 7 nitrogen and oxygen atoms in total. The Bertz CT molecular complexity index is 1300. The third-order valence-corrected chi connectivity index (χ3v) is 6.87. The maximum absolute atomic E-state index is 12.2. The Morgan fingerprint density at radius 2 is 1.94 bits per heavy atom. The zero-order chi connectivity index (χ0) is 21.9. The molecule has 0 aromatic carbocycles. The van der Waals surface area contributed by atoms with E-state index in [0.29, 0.717) is 29.7 Å². The first kappa shape index (κ1) is 20.5. The van der Waals surface area contributed by atoms with E-state index < -0.39 is 0 Å². The monoisotopic (exact) mass is 446 g/mol. The molecule has 1 fully saturated rings. The Balaban J connectivity index is 1.21. The number of ether oxygens (including phenoxy) is 1. The van der Waals surface area contributed by atoms with Crippen LogP contribution < -0.4 is 10.3 Å². The van der Waals surface area contributed by atoms with Crippen molar-refractivity contribution >= 4 is 28.0 Å². The Labute approximate surface area is 188 Å². The van der Waals surface area contributed by atoms with Crippen LogP contribution in [0.4, 0.5) is 0 Å². The molecule has 0 radical (unpaired) electrons. The topological polar surface area (TPSA) is 87.0 Å². The van der Waals surface area contributed by atoms with Crippen LogP contribution >= 0.6 is 11.3 Å². The Morgan fingerprint density at radius 1 is 1.06 bits per heavy atom. The second-order valence-electron chi connectivity index (χ2n) is 8.20. The molecule has 8 heteroatoms. The first-order valence-electron chi connectivity index (χ1n) is 10.7. The van der Waals surface area contributed by atoms with Gasteiger partial charge < -0.3 is 4.74 Å². The summed E-state index contributed by atoms with van der Waals surface area (Å²) in [6.45, 7) is 0.340. The quantitative estimate of drug-likeness (QED) is 0.399. The first-order chi connectivity index (χ1) is 15.7. The molecule has 0 spiro atoms. The summed E-state index contributed by atoms with van der Waals surface area (Å²) in [4.78, 5) is 36.5. The number of pyridine rings is 2. The van der Waals surface area contributed by atoms with Crippen LogP contribution in [0.2, 0.25) is 0 Å². The minimum Gasteiger partial charge on any atom is -0.427 e. The summed E-state index contributed by atoms with van der Waals surface area (Å²) in [6, 6.07) is 8.73. The smallest absolute Gasteiger partial charge is 0.298 e. The van der Waals surface area contributed by atoms with Crippen molar-refractivity contribution in [3.8, 4) is 11.4 Å². The fraction of sp³-hybridized carbons (Fsp3) is 0.292. The maximum atomic E-state index is 12.2. The minimum atomic E-state index is -0.209. The molecule has 0 N–H and O–H groups in total. The molecule has 5 rings (SSSR count). The number of nitrogens with zero attached hydrogens (tertiary/aromatic N) is 4. The van der Waals surface area contributed by atoms with Crippen molar-refractivity contribution in [3.63, 3.8) is 0 Å². The molecular formula is C24H22N4O3S. The molecule has 0 amide bonds.